The van der Waals surface area contributed by atoms with Crippen LogP contribution in [-0.4, -0.2) is 31.2 Å². The smallest absolute Gasteiger partial charge is 0.329 e. The van der Waals surface area contributed by atoms with Crippen molar-refractivity contribution in [2.24, 2.45) is 11.0 Å². The lowest BCUT2D eigenvalue weighted by atomic mass is 10.1. The van der Waals surface area contributed by atoms with Crippen LogP contribution < -0.4 is 20.8 Å². The lowest BCUT2D eigenvalue weighted by Gasteiger charge is -2.11. The van der Waals surface area contributed by atoms with Gasteiger partial charge in [-0.3, -0.25) is 9.59 Å². The summed E-state index contributed by atoms with van der Waals surface area (Å²) in [7, 11) is 0. The summed E-state index contributed by atoms with van der Waals surface area (Å²) in [5.74, 6) is -0.310. The fourth-order valence-electron chi connectivity index (χ4n) is 2.48. The molecule has 0 aromatic heterocycles. The van der Waals surface area contributed by atoms with E-state index in [2.05, 4.69) is 21.2 Å². The van der Waals surface area contributed by atoms with Crippen LogP contribution in [0.5, 0.6) is 5.75 Å². The van der Waals surface area contributed by atoms with Crippen LogP contribution in [0.1, 0.15) is 32.8 Å². The minimum atomic E-state index is -0.821. The molecule has 8 heteroatoms. The Hall–Kier alpha value is -3.06. The highest BCUT2D eigenvalue weighted by Gasteiger charge is 2.12. The first kappa shape index (κ1) is 23.2. The van der Waals surface area contributed by atoms with Crippen molar-refractivity contribution < 1.29 is 14.3 Å². The molecule has 2 aromatic rings. The first-order chi connectivity index (χ1) is 14.4. The van der Waals surface area contributed by atoms with Gasteiger partial charge in [-0.15, -0.1) is 0 Å². The van der Waals surface area contributed by atoms with Gasteiger partial charge in [-0.2, -0.15) is 5.10 Å². The second-order valence-corrected chi connectivity index (χ2v) is 7.39. The van der Waals surface area contributed by atoms with Crippen LogP contribution in [-0.2, 0) is 9.59 Å². The van der Waals surface area contributed by atoms with Gasteiger partial charge in [0.15, 0.2) is 0 Å². The molecule has 0 saturated carbocycles. The Morgan fingerprint density at radius 1 is 1.13 bits per heavy atom. The number of hydrogen-bond donors (Lipinski definition) is 3. The van der Waals surface area contributed by atoms with Gasteiger partial charge in [0.1, 0.15) is 5.75 Å². The Balaban J connectivity index is 2.00. The molecule has 2 aromatic carbocycles. The van der Waals surface area contributed by atoms with Gasteiger partial charge in [0.2, 0.25) is 0 Å². The second-order valence-electron chi connectivity index (χ2n) is 6.95. The lowest BCUT2D eigenvalue weighted by Crippen LogP contribution is -2.38. The zero-order chi connectivity index (χ0) is 21.9. The highest BCUT2D eigenvalue weighted by molar-refractivity contribution is 6.35. The molecule has 0 atom stereocenters. The van der Waals surface area contributed by atoms with Gasteiger partial charge >= 0.3 is 11.8 Å². The number of carbonyl (C=O) groups excluding carboxylic acids is 2. The van der Waals surface area contributed by atoms with E-state index in [9.17, 15) is 9.59 Å². The van der Waals surface area contributed by atoms with Gasteiger partial charge in [0.05, 0.1) is 12.8 Å². The third kappa shape index (κ3) is 7.75. The number of carbonyl (C=O) groups is 2. The van der Waals surface area contributed by atoms with Gasteiger partial charge < -0.3 is 15.4 Å². The maximum absolute atomic E-state index is 11.8. The molecule has 0 aliphatic heterocycles. The third-order valence-corrected chi connectivity index (χ3v) is 4.28. The number of rotatable bonds is 9. The summed E-state index contributed by atoms with van der Waals surface area (Å²) in [4.78, 5) is 23.6. The average molecular weight is 431 g/mol. The van der Waals surface area contributed by atoms with Gasteiger partial charge in [-0.05, 0) is 61.7 Å². The first-order valence-corrected chi connectivity index (χ1v) is 10.2. The summed E-state index contributed by atoms with van der Waals surface area (Å²) in [6.07, 6.45) is 2.23. The Kier molecular flexibility index (Phi) is 9.15. The van der Waals surface area contributed by atoms with E-state index in [1.807, 2.05) is 45.0 Å². The van der Waals surface area contributed by atoms with Crippen LogP contribution in [0.25, 0.3) is 0 Å². The predicted octanol–water partition coefficient (Wildman–Crippen LogP) is 4.09. The maximum atomic E-state index is 11.8. The quantitative estimate of drug-likeness (QED) is 0.317. The molecule has 3 N–H and O–H groups in total. The molecule has 2 rings (SSSR count). The van der Waals surface area contributed by atoms with Crippen LogP contribution in [0.3, 0.4) is 0 Å². The van der Waals surface area contributed by atoms with E-state index in [4.69, 9.17) is 16.3 Å². The highest BCUT2D eigenvalue weighted by Crippen LogP contribution is 2.24. The molecule has 30 heavy (non-hydrogen) atoms. The van der Waals surface area contributed by atoms with Gasteiger partial charge in [-0.1, -0.05) is 25.4 Å². The molecule has 0 bridgehead atoms. The summed E-state index contributed by atoms with van der Waals surface area (Å²) in [6, 6.07) is 12.8. The number of anilines is 2. The Bertz CT molecular complexity index is 882. The molecule has 0 radical (unpaired) electrons. The van der Waals surface area contributed by atoms with Gasteiger partial charge in [-0.25, -0.2) is 5.43 Å². The molecule has 0 fully saturated rings. The Morgan fingerprint density at radius 2 is 1.87 bits per heavy atom. The first-order valence-electron chi connectivity index (χ1n) is 9.79. The fraction of sp³-hybridized carbons (Fsp3) is 0.318. The number of amides is 2. The molecule has 0 saturated heterocycles. The van der Waals surface area contributed by atoms with Crippen LogP contribution >= 0.6 is 11.6 Å². The van der Waals surface area contributed by atoms with Crippen molar-refractivity contribution in [2.45, 2.75) is 27.2 Å². The van der Waals surface area contributed by atoms with E-state index in [1.165, 1.54) is 6.21 Å². The monoisotopic (exact) mass is 430 g/mol. The fourth-order valence-corrected chi connectivity index (χ4v) is 2.66. The maximum Gasteiger partial charge on any atom is 0.329 e. The average Bonchev–Trinajstić information content (AvgIpc) is 2.71. The number of hydrogen-bond acceptors (Lipinski definition) is 5. The van der Waals surface area contributed by atoms with E-state index in [0.29, 0.717) is 29.7 Å². The van der Waals surface area contributed by atoms with E-state index in [1.54, 1.807) is 18.2 Å². The molecular formula is C22H27ClN4O3. The van der Waals surface area contributed by atoms with Crippen molar-refractivity contribution in [3.05, 3.63) is 53.1 Å². The molecule has 0 spiro atoms. The third-order valence-electron chi connectivity index (χ3n) is 4.04. The normalized spacial score (nSPS) is 10.8. The van der Waals surface area contributed by atoms with Crippen molar-refractivity contribution in [3.8, 4) is 5.75 Å². The summed E-state index contributed by atoms with van der Waals surface area (Å²) >= 11 is 6.09. The predicted molar refractivity (Wildman–Crippen MR) is 121 cm³/mol. The highest BCUT2D eigenvalue weighted by atomic mass is 35.5. The number of ether oxygens (including phenoxy) is 1. The number of benzene rings is 2. The van der Waals surface area contributed by atoms with Gasteiger partial charge in [0.25, 0.3) is 0 Å². The lowest BCUT2D eigenvalue weighted by molar-refractivity contribution is -0.139. The van der Waals surface area contributed by atoms with Crippen molar-refractivity contribution >= 4 is 41.0 Å². The summed E-state index contributed by atoms with van der Waals surface area (Å²) < 4.78 is 5.44. The Labute approximate surface area is 181 Å². The molecule has 0 aliphatic carbocycles. The largest absolute Gasteiger partial charge is 0.494 e. The molecule has 160 valence electrons. The summed E-state index contributed by atoms with van der Waals surface area (Å²) in [5.41, 5.74) is 4.47. The van der Waals surface area contributed by atoms with E-state index in [-0.39, 0.29) is 0 Å². The van der Waals surface area contributed by atoms with Crippen LogP contribution in [0.2, 0.25) is 5.02 Å². The minimum absolute atomic E-state index is 0.440. The summed E-state index contributed by atoms with van der Waals surface area (Å²) in [5, 5.41) is 10.2. The number of nitrogens with one attached hydrogen (secondary N) is 3. The molecule has 2 amide bonds. The van der Waals surface area contributed by atoms with Crippen molar-refractivity contribution in [1.29, 1.82) is 0 Å². The number of halogens is 1. The molecule has 0 unspecified atom stereocenters. The number of nitrogens with zero attached hydrogens (tertiary/aromatic N) is 1. The molecule has 0 heterocycles. The molecular weight excluding hydrogens is 404 g/mol. The van der Waals surface area contributed by atoms with Crippen LogP contribution in [0, 0.1) is 5.92 Å². The zero-order valence-electron chi connectivity index (χ0n) is 17.4. The topological polar surface area (TPSA) is 91.8 Å². The molecule has 7 nitrogen and oxygen atoms in total. The van der Waals surface area contributed by atoms with Crippen LogP contribution in [0.4, 0.5) is 11.4 Å². The second kappa shape index (κ2) is 11.8. The van der Waals surface area contributed by atoms with E-state index in [0.717, 1.165) is 23.5 Å². The molecule has 0 aliphatic rings. The van der Waals surface area contributed by atoms with Crippen molar-refractivity contribution in [1.82, 2.24) is 10.7 Å². The van der Waals surface area contributed by atoms with Gasteiger partial charge in [0, 0.05) is 28.5 Å². The minimum Gasteiger partial charge on any atom is -0.494 e. The number of hydrazone groups is 1. The van der Waals surface area contributed by atoms with E-state index >= 15 is 0 Å². The van der Waals surface area contributed by atoms with E-state index < -0.39 is 11.8 Å². The zero-order valence-corrected chi connectivity index (χ0v) is 18.1. The van der Waals surface area contributed by atoms with Crippen molar-refractivity contribution in [3.63, 3.8) is 0 Å². The standard InChI is InChI=1S/C22H27ClN4O3/c1-4-30-19-8-6-18(7-9-19)26-20-10-5-17(23)13-16(20)14-25-27-22(29)21(28)24-12-11-15(2)3/h5-10,13-15,26H,4,11-12H2,1-3H3,(H,24,28)(H,27,29)/b25-14-. The Morgan fingerprint density at radius 3 is 2.53 bits per heavy atom. The summed E-state index contributed by atoms with van der Waals surface area (Å²) in [6.45, 7) is 7.06. The van der Waals surface area contributed by atoms with Crippen molar-refractivity contribution in [2.75, 3.05) is 18.5 Å². The SMILES string of the molecule is CCOc1ccc(Nc2ccc(Cl)cc2/C=N\NC(=O)C(=O)NCCC(C)C)cc1. The van der Waals surface area contributed by atoms with Crippen LogP contribution in [0.15, 0.2) is 47.6 Å².